The lowest BCUT2D eigenvalue weighted by Crippen LogP contribution is -2.31. The Morgan fingerprint density at radius 2 is 1.81 bits per heavy atom. The number of H-pyrrole nitrogens is 1. The smallest absolute Gasteiger partial charge is 0.341 e. The third kappa shape index (κ3) is 4.04. The number of para-hydroxylation sites is 1. The van der Waals surface area contributed by atoms with Crippen LogP contribution >= 0.6 is 0 Å². The molecule has 0 fully saturated rings. The first-order valence-corrected chi connectivity index (χ1v) is 11.9. The number of anilines is 1. The molecule has 3 N–H and O–H groups in total. The summed E-state index contributed by atoms with van der Waals surface area (Å²) in [6.45, 7) is -0.460. The second kappa shape index (κ2) is 9.02. The average molecular weight is 498 g/mol. The van der Waals surface area contributed by atoms with Crippen LogP contribution in [0.4, 0.5) is 5.82 Å². The number of nitrogens with one attached hydrogen (secondary N) is 2. The summed E-state index contributed by atoms with van der Waals surface area (Å²) in [4.78, 5) is 38.2. The maximum Gasteiger partial charge on any atom is 0.341 e. The second-order valence-corrected chi connectivity index (χ2v) is 9.12. The van der Waals surface area contributed by atoms with Crippen LogP contribution in [0.15, 0.2) is 93.5 Å². The van der Waals surface area contributed by atoms with Crippen molar-refractivity contribution in [2.24, 2.45) is 0 Å². The fraction of sp³-hybridized carbons (Fsp3) is 0.179. The van der Waals surface area contributed by atoms with E-state index in [2.05, 4.69) is 10.4 Å². The molecule has 2 aromatic heterocycles. The van der Waals surface area contributed by atoms with E-state index in [1.807, 2.05) is 42.5 Å². The molecule has 0 saturated heterocycles. The predicted octanol–water partition coefficient (Wildman–Crippen LogP) is 4.18. The van der Waals surface area contributed by atoms with Gasteiger partial charge >= 0.3 is 5.97 Å². The Morgan fingerprint density at radius 1 is 1.03 bits per heavy atom. The maximum absolute atomic E-state index is 13.7. The first-order valence-electron chi connectivity index (χ1n) is 11.9. The van der Waals surface area contributed by atoms with E-state index in [-0.39, 0.29) is 23.7 Å². The number of ketones is 1. The molecular weight excluding hydrogens is 474 g/mol. The molecule has 1 aliphatic carbocycles. The molecule has 0 saturated carbocycles. The standard InChI is InChI=1S/C28H23N3O6/c32-21-14-17(22-7-4-12-36-22)13-20-25(21)24(16-8-10-19(11-9-16)37-15-23(33)34)26-27(29-20)30-31(28(26)35)18-5-2-1-3-6-18/h1-12,17,24,29-30H,13-15H2,(H,33,34)/t17-,24-/m0/s1. The number of fused-ring (bicyclic) bond motifs is 1. The molecule has 9 heteroatoms. The van der Waals surface area contributed by atoms with E-state index >= 15 is 0 Å². The van der Waals surface area contributed by atoms with Gasteiger partial charge in [-0.25, -0.2) is 9.48 Å². The van der Waals surface area contributed by atoms with Gasteiger partial charge in [-0.1, -0.05) is 30.3 Å². The lowest BCUT2D eigenvalue weighted by atomic mass is 9.73. The van der Waals surface area contributed by atoms with Crippen molar-refractivity contribution < 1.29 is 23.8 Å². The zero-order chi connectivity index (χ0) is 25.5. The van der Waals surface area contributed by atoms with Crippen LogP contribution < -0.4 is 15.6 Å². The van der Waals surface area contributed by atoms with Gasteiger partial charge in [0.1, 0.15) is 17.3 Å². The third-order valence-electron chi connectivity index (χ3n) is 6.82. The number of ether oxygens (including phenoxy) is 1. The zero-order valence-electron chi connectivity index (χ0n) is 19.6. The zero-order valence-corrected chi connectivity index (χ0v) is 19.6. The van der Waals surface area contributed by atoms with Gasteiger partial charge in [-0.3, -0.25) is 14.7 Å². The predicted molar refractivity (Wildman–Crippen MR) is 134 cm³/mol. The fourth-order valence-corrected chi connectivity index (χ4v) is 5.21. The molecule has 2 aliphatic rings. The first kappa shape index (κ1) is 22.7. The number of hydrogen-bond acceptors (Lipinski definition) is 6. The number of furan rings is 1. The molecule has 0 spiro atoms. The Labute approximate surface area is 211 Å². The molecule has 0 amide bonds. The highest BCUT2D eigenvalue weighted by Crippen LogP contribution is 2.47. The van der Waals surface area contributed by atoms with Crippen LogP contribution in [0.2, 0.25) is 0 Å². The number of carboxylic acid groups (broad SMARTS) is 1. The molecule has 0 bridgehead atoms. The Kier molecular flexibility index (Phi) is 5.52. The molecule has 9 nitrogen and oxygen atoms in total. The van der Waals surface area contributed by atoms with Gasteiger partial charge in [0.25, 0.3) is 5.56 Å². The molecule has 1 aliphatic heterocycles. The number of hydrogen-bond donors (Lipinski definition) is 3. The van der Waals surface area contributed by atoms with E-state index < -0.39 is 18.5 Å². The quantitative estimate of drug-likeness (QED) is 0.365. The number of aliphatic carboxylic acids is 1. The second-order valence-electron chi connectivity index (χ2n) is 9.12. The van der Waals surface area contributed by atoms with Crippen molar-refractivity contribution in [3.8, 4) is 11.4 Å². The van der Waals surface area contributed by atoms with Crippen molar-refractivity contribution in [3.63, 3.8) is 0 Å². The molecule has 4 aromatic rings. The summed E-state index contributed by atoms with van der Waals surface area (Å²) in [6, 6.07) is 19.8. The number of allylic oxidation sites excluding steroid dienone is 2. The maximum atomic E-state index is 13.7. The normalized spacial score (nSPS) is 18.6. The van der Waals surface area contributed by atoms with Crippen molar-refractivity contribution in [3.05, 3.63) is 112 Å². The molecule has 186 valence electrons. The van der Waals surface area contributed by atoms with E-state index in [1.54, 1.807) is 30.5 Å². The number of carbonyl (C=O) groups excluding carboxylic acids is 1. The Bertz CT molecular complexity index is 1560. The fourth-order valence-electron chi connectivity index (χ4n) is 5.21. The van der Waals surface area contributed by atoms with Crippen LogP contribution in [0.25, 0.3) is 5.69 Å². The Hall–Kier alpha value is -4.79. The van der Waals surface area contributed by atoms with Crippen molar-refractivity contribution >= 4 is 17.6 Å². The number of Topliss-reactive ketones (excluding diaryl/α,β-unsaturated/α-hetero) is 1. The molecule has 6 rings (SSSR count). The Morgan fingerprint density at radius 3 is 2.51 bits per heavy atom. The largest absolute Gasteiger partial charge is 0.482 e. The van der Waals surface area contributed by atoms with Gasteiger partial charge in [-0.05, 0) is 48.4 Å². The number of carbonyl (C=O) groups is 2. The highest BCUT2D eigenvalue weighted by atomic mass is 16.5. The topological polar surface area (TPSA) is 127 Å². The van der Waals surface area contributed by atoms with Crippen molar-refractivity contribution in [2.45, 2.75) is 24.7 Å². The summed E-state index contributed by atoms with van der Waals surface area (Å²) in [7, 11) is 0. The number of aromatic nitrogens is 2. The monoisotopic (exact) mass is 497 g/mol. The van der Waals surface area contributed by atoms with Crippen molar-refractivity contribution in [1.29, 1.82) is 0 Å². The van der Waals surface area contributed by atoms with Crippen LogP contribution in [0.3, 0.4) is 0 Å². The minimum absolute atomic E-state index is 0.0520. The number of aromatic amines is 1. The van der Waals surface area contributed by atoms with Gasteiger partial charge in [-0.15, -0.1) is 0 Å². The van der Waals surface area contributed by atoms with Crippen LogP contribution in [-0.4, -0.2) is 33.2 Å². The summed E-state index contributed by atoms with van der Waals surface area (Å²) in [6.07, 6.45) is 2.43. The van der Waals surface area contributed by atoms with Crippen LogP contribution in [0.5, 0.6) is 5.75 Å². The van der Waals surface area contributed by atoms with Crippen LogP contribution in [0, 0.1) is 0 Å². The lowest BCUT2D eigenvalue weighted by Gasteiger charge is -2.33. The van der Waals surface area contributed by atoms with Crippen molar-refractivity contribution in [2.75, 3.05) is 11.9 Å². The van der Waals surface area contributed by atoms with E-state index in [0.717, 1.165) is 17.0 Å². The number of benzene rings is 2. The van der Waals surface area contributed by atoms with Crippen molar-refractivity contribution in [1.82, 2.24) is 9.78 Å². The number of rotatable bonds is 6. The Balaban J connectivity index is 1.46. The molecule has 2 aromatic carbocycles. The van der Waals surface area contributed by atoms with Gasteiger partial charge in [0.05, 0.1) is 17.5 Å². The molecule has 2 atom stereocenters. The lowest BCUT2D eigenvalue weighted by molar-refractivity contribution is -0.139. The average Bonchev–Trinajstić information content (AvgIpc) is 3.56. The van der Waals surface area contributed by atoms with Crippen LogP contribution in [-0.2, 0) is 9.59 Å². The van der Waals surface area contributed by atoms with E-state index in [0.29, 0.717) is 34.8 Å². The van der Waals surface area contributed by atoms with E-state index in [9.17, 15) is 14.4 Å². The summed E-state index contributed by atoms with van der Waals surface area (Å²) >= 11 is 0. The summed E-state index contributed by atoms with van der Waals surface area (Å²) in [5.74, 6) is -0.156. The number of carboxylic acids is 1. The highest BCUT2D eigenvalue weighted by Gasteiger charge is 2.41. The molecular formula is C28H23N3O6. The van der Waals surface area contributed by atoms with Gasteiger partial charge in [0.15, 0.2) is 12.4 Å². The van der Waals surface area contributed by atoms with E-state index in [4.69, 9.17) is 14.3 Å². The molecule has 37 heavy (non-hydrogen) atoms. The first-order chi connectivity index (χ1) is 18.0. The highest BCUT2D eigenvalue weighted by molar-refractivity contribution is 6.01. The number of nitrogens with zero attached hydrogens (tertiary/aromatic N) is 1. The van der Waals surface area contributed by atoms with Gasteiger partial charge in [0, 0.05) is 29.5 Å². The summed E-state index contributed by atoms with van der Waals surface area (Å²) < 4.78 is 12.3. The molecule has 0 unspecified atom stereocenters. The molecule has 0 radical (unpaired) electrons. The minimum atomic E-state index is -1.07. The third-order valence-corrected chi connectivity index (χ3v) is 6.82. The molecule has 3 heterocycles. The minimum Gasteiger partial charge on any atom is -0.482 e. The van der Waals surface area contributed by atoms with Crippen LogP contribution in [0.1, 0.15) is 41.6 Å². The van der Waals surface area contributed by atoms with Gasteiger partial charge < -0.3 is 19.6 Å². The summed E-state index contributed by atoms with van der Waals surface area (Å²) in [5.41, 5.74) is 2.93. The van der Waals surface area contributed by atoms with Gasteiger partial charge in [0.2, 0.25) is 0 Å². The SMILES string of the molecule is O=C(O)COc1ccc([C@H]2C3=C(C[C@H](c4ccco4)CC3=O)Nc3[nH]n(-c4ccccc4)c(=O)c32)cc1. The van der Waals surface area contributed by atoms with E-state index in [1.165, 1.54) is 4.68 Å². The van der Waals surface area contributed by atoms with Gasteiger partial charge in [-0.2, -0.15) is 0 Å². The summed E-state index contributed by atoms with van der Waals surface area (Å²) in [5, 5.41) is 15.4.